The fourth-order valence-electron chi connectivity index (χ4n) is 1.29. The van der Waals surface area contributed by atoms with Crippen molar-refractivity contribution in [2.24, 2.45) is 0 Å². The molecule has 1 heteroatoms. The Bertz CT molecular complexity index is 221. The molecule has 1 saturated heterocycles. The van der Waals surface area contributed by atoms with Gasteiger partial charge in [0.25, 0.3) is 0 Å². The summed E-state index contributed by atoms with van der Waals surface area (Å²) in [5.74, 6) is 1.04. The van der Waals surface area contributed by atoms with Gasteiger partial charge in [0.1, 0.15) is 5.76 Å². The Morgan fingerprint density at radius 3 is 2.83 bits per heavy atom. The van der Waals surface area contributed by atoms with Crippen LogP contribution in [0.15, 0.2) is 35.6 Å². The van der Waals surface area contributed by atoms with Gasteiger partial charge in [0.15, 0.2) is 0 Å². The van der Waals surface area contributed by atoms with Crippen molar-refractivity contribution in [1.82, 2.24) is 0 Å². The maximum atomic E-state index is 5.53. The molecule has 0 amide bonds. The fraction of sp³-hybridized carbons (Fsp3) is 0.455. The lowest BCUT2D eigenvalue weighted by Crippen LogP contribution is -2.05. The van der Waals surface area contributed by atoms with Crippen LogP contribution in [0.5, 0.6) is 0 Å². The van der Waals surface area contributed by atoms with Crippen LogP contribution in [0.1, 0.15) is 26.7 Å². The first-order valence-corrected chi connectivity index (χ1v) is 4.50. The van der Waals surface area contributed by atoms with E-state index < -0.39 is 0 Å². The fourth-order valence-corrected chi connectivity index (χ4v) is 1.29. The van der Waals surface area contributed by atoms with Gasteiger partial charge in [-0.15, -0.1) is 0 Å². The van der Waals surface area contributed by atoms with Gasteiger partial charge in [0, 0.05) is 0 Å². The van der Waals surface area contributed by atoms with Crippen molar-refractivity contribution in [3.63, 3.8) is 0 Å². The summed E-state index contributed by atoms with van der Waals surface area (Å²) in [6.45, 7) is 4.93. The molecule has 0 aliphatic carbocycles. The van der Waals surface area contributed by atoms with E-state index in [9.17, 15) is 0 Å². The largest absolute Gasteiger partial charge is 0.493 e. The number of allylic oxidation sites excluding steroid dienone is 5. The smallest absolute Gasteiger partial charge is 0.122 e. The van der Waals surface area contributed by atoms with Gasteiger partial charge >= 0.3 is 0 Å². The minimum absolute atomic E-state index is 0.862. The molecule has 1 heterocycles. The van der Waals surface area contributed by atoms with E-state index in [4.69, 9.17) is 4.74 Å². The Morgan fingerprint density at radius 2 is 2.17 bits per heavy atom. The van der Waals surface area contributed by atoms with Crippen LogP contribution in [0.2, 0.25) is 0 Å². The lowest BCUT2D eigenvalue weighted by Gasteiger charge is -2.18. The molecule has 1 fully saturated rings. The first-order valence-electron chi connectivity index (χ1n) is 4.50. The minimum atomic E-state index is 0.862. The summed E-state index contributed by atoms with van der Waals surface area (Å²) < 4.78 is 5.53. The highest BCUT2D eigenvalue weighted by molar-refractivity contribution is 5.29. The van der Waals surface area contributed by atoms with Crippen LogP contribution in [0.4, 0.5) is 0 Å². The third-order valence-electron chi connectivity index (χ3n) is 1.95. The monoisotopic (exact) mass is 164 g/mol. The summed E-state index contributed by atoms with van der Waals surface area (Å²) in [4.78, 5) is 0. The molecule has 12 heavy (non-hydrogen) atoms. The molecule has 0 spiro atoms. The molecule has 1 rings (SSSR count). The molecule has 0 atom stereocenters. The second kappa shape index (κ2) is 4.81. The van der Waals surface area contributed by atoms with Crippen LogP contribution in [0.25, 0.3) is 0 Å². The van der Waals surface area contributed by atoms with Gasteiger partial charge < -0.3 is 4.74 Å². The van der Waals surface area contributed by atoms with Crippen molar-refractivity contribution in [3.05, 3.63) is 35.6 Å². The topological polar surface area (TPSA) is 9.23 Å². The van der Waals surface area contributed by atoms with Gasteiger partial charge in [-0.25, -0.2) is 0 Å². The van der Waals surface area contributed by atoms with E-state index in [0.29, 0.717) is 0 Å². The predicted molar refractivity (Wildman–Crippen MR) is 51.8 cm³/mol. The molecule has 0 unspecified atom stereocenters. The van der Waals surface area contributed by atoms with Crippen LogP contribution in [-0.4, -0.2) is 6.61 Å². The number of rotatable bonds is 1. The number of hydrogen-bond donors (Lipinski definition) is 0. The maximum Gasteiger partial charge on any atom is 0.122 e. The zero-order chi connectivity index (χ0) is 8.81. The third-order valence-corrected chi connectivity index (χ3v) is 1.95. The van der Waals surface area contributed by atoms with Gasteiger partial charge in [0.2, 0.25) is 0 Å². The van der Waals surface area contributed by atoms with Crippen molar-refractivity contribution in [3.8, 4) is 0 Å². The standard InChI is InChI=1S/C11H16O/c1-3-5-8-11-10(4-2)7-6-9-12-11/h3-5,8H,6-7,9H2,1-2H3. The zero-order valence-electron chi connectivity index (χ0n) is 7.84. The highest BCUT2D eigenvalue weighted by atomic mass is 16.5. The number of ether oxygens (including phenoxy) is 1. The molecule has 0 radical (unpaired) electrons. The molecule has 0 aromatic heterocycles. The quantitative estimate of drug-likeness (QED) is 0.578. The first kappa shape index (κ1) is 9.11. The Hall–Kier alpha value is -0.980. The molecule has 1 aliphatic heterocycles. The summed E-state index contributed by atoms with van der Waals surface area (Å²) >= 11 is 0. The van der Waals surface area contributed by atoms with Crippen molar-refractivity contribution in [1.29, 1.82) is 0 Å². The molecule has 1 nitrogen and oxygen atoms in total. The SMILES string of the molecule is CC=CC=C1OCCCC1=CC. The van der Waals surface area contributed by atoms with Crippen molar-refractivity contribution in [2.75, 3.05) is 6.61 Å². The summed E-state index contributed by atoms with van der Waals surface area (Å²) in [5, 5.41) is 0. The van der Waals surface area contributed by atoms with Crippen LogP contribution in [0.3, 0.4) is 0 Å². The van der Waals surface area contributed by atoms with Crippen LogP contribution in [0, 0.1) is 0 Å². The molecule has 0 aromatic rings. The first-order chi connectivity index (χ1) is 5.88. The van der Waals surface area contributed by atoms with Crippen molar-refractivity contribution < 1.29 is 4.74 Å². The van der Waals surface area contributed by atoms with Gasteiger partial charge in [-0.1, -0.05) is 18.2 Å². The summed E-state index contributed by atoms with van der Waals surface area (Å²) in [7, 11) is 0. The minimum Gasteiger partial charge on any atom is -0.493 e. The van der Waals surface area contributed by atoms with Crippen LogP contribution < -0.4 is 0 Å². The van der Waals surface area contributed by atoms with Crippen molar-refractivity contribution >= 4 is 0 Å². The Labute approximate surface area is 74.4 Å². The number of hydrogen-bond acceptors (Lipinski definition) is 1. The average molecular weight is 164 g/mol. The van der Waals surface area contributed by atoms with E-state index in [-0.39, 0.29) is 0 Å². The van der Waals surface area contributed by atoms with Gasteiger partial charge in [-0.2, -0.15) is 0 Å². The van der Waals surface area contributed by atoms with E-state index in [1.807, 2.05) is 25.2 Å². The second-order valence-corrected chi connectivity index (χ2v) is 2.82. The lowest BCUT2D eigenvalue weighted by molar-refractivity contribution is 0.194. The predicted octanol–water partition coefficient (Wildman–Crippen LogP) is 3.20. The van der Waals surface area contributed by atoms with Gasteiger partial charge in [-0.3, -0.25) is 0 Å². The molecule has 1 aliphatic rings. The summed E-state index contributed by atoms with van der Waals surface area (Å²) in [6.07, 6.45) is 10.5. The average Bonchev–Trinajstić information content (AvgIpc) is 2.15. The maximum absolute atomic E-state index is 5.53. The molecular formula is C11H16O. The molecule has 0 bridgehead atoms. The van der Waals surface area contributed by atoms with Gasteiger partial charge in [0.05, 0.1) is 6.61 Å². The van der Waals surface area contributed by atoms with Crippen LogP contribution >= 0.6 is 0 Å². The van der Waals surface area contributed by atoms with Crippen LogP contribution in [-0.2, 0) is 4.74 Å². The molecule has 0 saturated carbocycles. The van der Waals surface area contributed by atoms with Gasteiger partial charge in [-0.05, 0) is 38.3 Å². The normalized spacial score (nSPS) is 25.2. The van der Waals surface area contributed by atoms with E-state index in [1.165, 1.54) is 5.57 Å². The second-order valence-electron chi connectivity index (χ2n) is 2.82. The lowest BCUT2D eigenvalue weighted by atomic mass is 10.1. The highest BCUT2D eigenvalue weighted by Crippen LogP contribution is 2.22. The molecule has 0 N–H and O–H groups in total. The van der Waals surface area contributed by atoms with E-state index in [1.54, 1.807) is 0 Å². The van der Waals surface area contributed by atoms with E-state index >= 15 is 0 Å². The van der Waals surface area contributed by atoms with E-state index in [0.717, 1.165) is 25.2 Å². The Morgan fingerprint density at radius 1 is 1.33 bits per heavy atom. The highest BCUT2D eigenvalue weighted by Gasteiger charge is 2.10. The summed E-state index contributed by atoms with van der Waals surface area (Å²) in [5.41, 5.74) is 1.33. The Kier molecular flexibility index (Phi) is 3.65. The van der Waals surface area contributed by atoms with E-state index in [2.05, 4.69) is 13.0 Å². The molecule has 0 aromatic carbocycles. The zero-order valence-corrected chi connectivity index (χ0v) is 7.84. The molecular weight excluding hydrogens is 148 g/mol. The van der Waals surface area contributed by atoms with Crippen molar-refractivity contribution in [2.45, 2.75) is 26.7 Å². The Balaban J connectivity index is 2.71. The molecule has 66 valence electrons. The summed E-state index contributed by atoms with van der Waals surface area (Å²) in [6, 6.07) is 0. The third kappa shape index (κ3) is 2.26.